The van der Waals surface area contributed by atoms with Gasteiger partial charge in [0.1, 0.15) is 22.7 Å². The summed E-state index contributed by atoms with van der Waals surface area (Å²) in [6.45, 7) is 9.84. The summed E-state index contributed by atoms with van der Waals surface area (Å²) in [6, 6.07) is 14.8. The molecule has 0 radical (unpaired) electrons. The topological polar surface area (TPSA) is 114 Å². The lowest BCUT2D eigenvalue weighted by molar-refractivity contribution is -0.142. The smallest absolute Gasteiger partial charge is 0.310 e. The summed E-state index contributed by atoms with van der Waals surface area (Å²) < 4.78 is 32.2. The van der Waals surface area contributed by atoms with Crippen molar-refractivity contribution in [3.05, 3.63) is 83.4 Å². The summed E-state index contributed by atoms with van der Waals surface area (Å²) in [5.41, 5.74) is 5.27. The number of esters is 1. The van der Waals surface area contributed by atoms with E-state index in [4.69, 9.17) is 13.9 Å². The third-order valence-electron chi connectivity index (χ3n) is 6.19. The molecule has 9 heteroatoms. The summed E-state index contributed by atoms with van der Waals surface area (Å²) in [5.74, 6) is 0.00186. The molecule has 0 amide bonds. The molecule has 40 heavy (non-hydrogen) atoms. The predicted molar refractivity (Wildman–Crippen MR) is 155 cm³/mol. The Morgan fingerprint density at radius 3 is 2.62 bits per heavy atom. The van der Waals surface area contributed by atoms with E-state index >= 15 is 0 Å². The van der Waals surface area contributed by atoms with Gasteiger partial charge in [-0.1, -0.05) is 12.1 Å². The monoisotopic (exact) mass is 562 g/mol. The lowest BCUT2D eigenvalue weighted by atomic mass is 10.0. The first-order valence-corrected chi connectivity index (χ1v) is 14.2. The molecule has 2 aromatic heterocycles. The van der Waals surface area contributed by atoms with Crippen molar-refractivity contribution >= 4 is 34.1 Å². The molecule has 8 nitrogen and oxygen atoms in total. The summed E-state index contributed by atoms with van der Waals surface area (Å²) >= 11 is -1.22. The van der Waals surface area contributed by atoms with Crippen molar-refractivity contribution in [3.63, 3.8) is 0 Å². The normalized spacial score (nSPS) is 12.3. The molecule has 4 aromatic rings. The fraction of sp³-hybridized carbons (Fsp3) is 0.323. The van der Waals surface area contributed by atoms with Crippen LogP contribution in [0, 0.1) is 0 Å². The molecule has 210 valence electrons. The van der Waals surface area contributed by atoms with Crippen LogP contribution in [0.5, 0.6) is 5.75 Å². The van der Waals surface area contributed by atoms with Gasteiger partial charge in [-0.2, -0.15) is 0 Å². The Bertz CT molecular complexity index is 1510. The second-order valence-electron chi connectivity index (χ2n) is 10.4. The van der Waals surface area contributed by atoms with Crippen LogP contribution < -0.4 is 9.46 Å². The van der Waals surface area contributed by atoms with Gasteiger partial charge in [-0.25, -0.2) is 0 Å². The van der Waals surface area contributed by atoms with Crippen LogP contribution >= 0.6 is 0 Å². The zero-order chi connectivity index (χ0) is 28.9. The molecule has 2 heterocycles. The molecule has 4 rings (SSSR count). The van der Waals surface area contributed by atoms with Crippen LogP contribution in [-0.4, -0.2) is 32.6 Å². The summed E-state index contributed by atoms with van der Waals surface area (Å²) in [6.07, 6.45) is 3.41. The highest BCUT2D eigenvalue weighted by atomic mass is 32.2. The largest absolute Gasteiger partial charge is 0.598 e. The van der Waals surface area contributed by atoms with Gasteiger partial charge in [-0.05, 0) is 82.1 Å². The molecule has 2 aromatic carbocycles. The highest BCUT2D eigenvalue weighted by molar-refractivity contribution is 7.90. The molecule has 1 atom stereocenters. The van der Waals surface area contributed by atoms with Crippen molar-refractivity contribution in [1.82, 2.24) is 9.71 Å². The summed E-state index contributed by atoms with van der Waals surface area (Å²) in [7, 11) is 0. The third kappa shape index (κ3) is 7.29. The van der Waals surface area contributed by atoms with E-state index in [1.165, 1.54) is 6.92 Å². The van der Waals surface area contributed by atoms with Crippen molar-refractivity contribution in [2.45, 2.75) is 58.9 Å². The van der Waals surface area contributed by atoms with E-state index in [1.54, 1.807) is 37.6 Å². The first-order valence-electron chi connectivity index (χ1n) is 13.1. The zero-order valence-electron chi connectivity index (χ0n) is 23.4. The first-order chi connectivity index (χ1) is 19.0. The van der Waals surface area contributed by atoms with E-state index in [0.717, 1.165) is 33.4 Å². The third-order valence-corrected chi connectivity index (χ3v) is 7.71. The molecule has 0 spiro atoms. The Labute approximate surface area is 237 Å². The molecule has 1 unspecified atom stereocenters. The van der Waals surface area contributed by atoms with Crippen LogP contribution in [-0.2, 0) is 40.5 Å². The SMILES string of the molecule is CCOC(=O)Cc1ccc(C(C)=O)cc1OCc1cc(-c2ccnc(CN[S+]([O-])C(C)(C)C)c2)c2occc2c1. The van der Waals surface area contributed by atoms with Gasteiger partial charge in [0.25, 0.3) is 0 Å². The second kappa shape index (κ2) is 12.7. The van der Waals surface area contributed by atoms with Gasteiger partial charge >= 0.3 is 5.97 Å². The van der Waals surface area contributed by atoms with Gasteiger partial charge < -0.3 is 18.4 Å². The number of fused-ring (bicyclic) bond motifs is 1. The van der Waals surface area contributed by atoms with Gasteiger partial charge in [0, 0.05) is 39.6 Å². The van der Waals surface area contributed by atoms with Crippen LogP contribution in [0.1, 0.15) is 61.8 Å². The molecule has 0 bridgehead atoms. The van der Waals surface area contributed by atoms with E-state index < -0.39 is 11.4 Å². The van der Waals surface area contributed by atoms with Gasteiger partial charge in [0.05, 0.1) is 31.5 Å². The van der Waals surface area contributed by atoms with E-state index in [0.29, 0.717) is 23.4 Å². The Hall–Kier alpha value is -3.66. The number of carbonyl (C=O) groups excluding carboxylic acids is 2. The maximum atomic E-state index is 12.4. The Morgan fingerprint density at radius 2 is 1.90 bits per heavy atom. The lowest BCUT2D eigenvalue weighted by Gasteiger charge is -2.23. The fourth-order valence-electron chi connectivity index (χ4n) is 4.12. The summed E-state index contributed by atoms with van der Waals surface area (Å²) in [5, 5.41) is 0.908. The van der Waals surface area contributed by atoms with Crippen LogP contribution in [0.4, 0.5) is 0 Å². The van der Waals surface area contributed by atoms with E-state index in [-0.39, 0.29) is 36.1 Å². The number of carbonyl (C=O) groups is 2. The minimum Gasteiger partial charge on any atom is -0.598 e. The summed E-state index contributed by atoms with van der Waals surface area (Å²) in [4.78, 5) is 28.6. The number of pyridine rings is 1. The van der Waals surface area contributed by atoms with Crippen LogP contribution in [0.25, 0.3) is 22.1 Å². The molecular weight excluding hydrogens is 528 g/mol. The zero-order valence-corrected chi connectivity index (χ0v) is 24.2. The number of ether oxygens (including phenoxy) is 2. The average Bonchev–Trinajstić information content (AvgIpc) is 3.39. The van der Waals surface area contributed by atoms with E-state index in [9.17, 15) is 14.1 Å². The molecule has 0 aliphatic carbocycles. The quantitative estimate of drug-likeness (QED) is 0.136. The van der Waals surface area contributed by atoms with Crippen molar-refractivity contribution in [2.75, 3.05) is 6.61 Å². The number of nitrogens with zero attached hydrogens (tertiary/aromatic N) is 1. The van der Waals surface area contributed by atoms with Gasteiger partial charge in [-0.3, -0.25) is 14.6 Å². The molecule has 0 fully saturated rings. The number of rotatable bonds is 11. The highest BCUT2D eigenvalue weighted by Gasteiger charge is 2.26. The highest BCUT2D eigenvalue weighted by Crippen LogP contribution is 2.32. The molecular formula is C31H34N2O6S. The molecule has 0 saturated heterocycles. The lowest BCUT2D eigenvalue weighted by Crippen LogP contribution is -2.39. The number of nitrogens with one attached hydrogen (secondary N) is 1. The van der Waals surface area contributed by atoms with E-state index in [2.05, 4.69) is 9.71 Å². The molecule has 0 aliphatic rings. The number of Topliss-reactive ketones (excluding diaryl/α,β-unsaturated/α-hetero) is 1. The number of hydrogen-bond donors (Lipinski definition) is 1. The fourth-order valence-corrected chi connectivity index (χ4v) is 4.83. The standard InChI is InChI=1S/C31H34N2O6S/c1-6-37-29(35)17-24-8-7-22(20(2)34)16-28(24)39-19-21-13-25-10-12-38-30(25)27(14-21)23-9-11-32-26(15-23)18-33-40(36)31(3,4)5/h7-16,33H,6,17-19H2,1-5H3. The van der Waals surface area contributed by atoms with Gasteiger partial charge in [0.15, 0.2) is 5.78 Å². The molecule has 1 N–H and O–H groups in total. The average molecular weight is 563 g/mol. The van der Waals surface area contributed by atoms with Crippen molar-refractivity contribution in [1.29, 1.82) is 0 Å². The Morgan fingerprint density at radius 1 is 1.10 bits per heavy atom. The van der Waals surface area contributed by atoms with Crippen molar-refractivity contribution in [2.24, 2.45) is 0 Å². The minimum absolute atomic E-state index is 0.0429. The minimum atomic E-state index is -1.22. The number of benzene rings is 2. The van der Waals surface area contributed by atoms with Gasteiger partial charge in [0.2, 0.25) is 0 Å². The number of aromatic nitrogens is 1. The maximum Gasteiger partial charge on any atom is 0.310 e. The van der Waals surface area contributed by atoms with E-state index in [1.807, 2.05) is 51.1 Å². The Kier molecular flexibility index (Phi) is 9.29. The molecule has 0 saturated carbocycles. The van der Waals surface area contributed by atoms with Crippen LogP contribution in [0.2, 0.25) is 0 Å². The first kappa shape index (κ1) is 29.3. The number of furan rings is 1. The molecule has 0 aliphatic heterocycles. The Balaban J connectivity index is 1.61. The van der Waals surface area contributed by atoms with Crippen LogP contribution in [0.15, 0.2) is 65.4 Å². The second-order valence-corrected chi connectivity index (χ2v) is 12.4. The number of ketones is 1. The maximum absolute atomic E-state index is 12.4. The van der Waals surface area contributed by atoms with Crippen molar-refractivity contribution in [3.8, 4) is 16.9 Å². The van der Waals surface area contributed by atoms with Crippen molar-refractivity contribution < 1.29 is 28.0 Å². The van der Waals surface area contributed by atoms with Crippen LogP contribution in [0.3, 0.4) is 0 Å². The number of hydrogen-bond acceptors (Lipinski definition) is 8. The predicted octanol–water partition coefficient (Wildman–Crippen LogP) is 5.93. The van der Waals surface area contributed by atoms with Gasteiger partial charge in [-0.15, -0.1) is 4.72 Å².